The molecule has 0 saturated heterocycles. The van der Waals surface area contributed by atoms with Crippen LogP contribution in [0.25, 0.3) is 0 Å². The third-order valence-corrected chi connectivity index (χ3v) is 4.03. The molecule has 0 amide bonds. The van der Waals surface area contributed by atoms with E-state index in [1.165, 1.54) is 4.68 Å². The summed E-state index contributed by atoms with van der Waals surface area (Å²) in [5, 5.41) is 15.4. The van der Waals surface area contributed by atoms with Crippen molar-refractivity contribution in [3.05, 3.63) is 45.1 Å². The zero-order chi connectivity index (χ0) is 16.6. The molecule has 1 aromatic heterocycles. The van der Waals surface area contributed by atoms with Crippen LogP contribution in [0.4, 0.5) is 5.95 Å². The van der Waals surface area contributed by atoms with Crippen molar-refractivity contribution in [2.24, 2.45) is 0 Å². The Morgan fingerprint density at radius 3 is 2.91 bits per heavy atom. The van der Waals surface area contributed by atoms with E-state index in [1.54, 1.807) is 32.0 Å². The van der Waals surface area contributed by atoms with Gasteiger partial charge in [-0.2, -0.15) is 4.68 Å². The van der Waals surface area contributed by atoms with Crippen molar-refractivity contribution >= 4 is 35.1 Å². The molecule has 3 rings (SSSR count). The zero-order valence-corrected chi connectivity index (χ0v) is 13.9. The molecule has 9 heteroatoms. The molecule has 7 nitrogen and oxygen atoms in total. The Hall–Kier alpha value is -2.12. The van der Waals surface area contributed by atoms with Gasteiger partial charge in [0, 0.05) is 21.3 Å². The highest BCUT2D eigenvalue weighted by atomic mass is 35.5. The fourth-order valence-electron chi connectivity index (χ4n) is 2.50. The van der Waals surface area contributed by atoms with Gasteiger partial charge in [0.05, 0.1) is 12.2 Å². The first-order valence-electron chi connectivity index (χ1n) is 6.90. The van der Waals surface area contributed by atoms with Gasteiger partial charge in [-0.1, -0.05) is 34.4 Å². The molecule has 1 N–H and O–H groups in total. The minimum absolute atomic E-state index is 0.263. The van der Waals surface area contributed by atoms with Gasteiger partial charge in [-0.25, -0.2) is 4.79 Å². The highest BCUT2D eigenvalue weighted by Gasteiger charge is 2.35. The molecule has 0 unspecified atom stereocenters. The van der Waals surface area contributed by atoms with E-state index in [0.717, 1.165) is 0 Å². The summed E-state index contributed by atoms with van der Waals surface area (Å²) in [5.74, 6) is -0.0266. The topological polar surface area (TPSA) is 81.9 Å². The van der Waals surface area contributed by atoms with Gasteiger partial charge in [0.2, 0.25) is 5.95 Å². The van der Waals surface area contributed by atoms with Crippen molar-refractivity contribution in [1.29, 1.82) is 0 Å². The second kappa shape index (κ2) is 6.17. The Labute approximate surface area is 142 Å². The summed E-state index contributed by atoms with van der Waals surface area (Å²) in [4.78, 5) is 12.4. The number of anilines is 1. The number of ether oxygens (including phenoxy) is 1. The summed E-state index contributed by atoms with van der Waals surface area (Å²) in [6.07, 6.45) is 0. The molecule has 0 saturated carbocycles. The predicted molar refractivity (Wildman–Crippen MR) is 85.4 cm³/mol. The molecule has 120 valence electrons. The van der Waals surface area contributed by atoms with Crippen LogP contribution >= 0.6 is 23.2 Å². The Morgan fingerprint density at radius 2 is 2.22 bits per heavy atom. The van der Waals surface area contributed by atoms with E-state index >= 15 is 0 Å². The molecule has 0 spiro atoms. The summed E-state index contributed by atoms with van der Waals surface area (Å²) in [6, 6.07) is 4.47. The minimum Gasteiger partial charge on any atom is -0.463 e. The lowest BCUT2D eigenvalue weighted by Crippen LogP contribution is -2.29. The number of nitrogens with zero attached hydrogens (tertiary/aromatic N) is 4. The number of nitrogens with one attached hydrogen (secondary N) is 1. The Balaban J connectivity index is 2.18. The van der Waals surface area contributed by atoms with Gasteiger partial charge >= 0.3 is 5.97 Å². The lowest BCUT2D eigenvalue weighted by Gasteiger charge is -2.27. The Kier molecular flexibility index (Phi) is 4.23. The van der Waals surface area contributed by atoms with Crippen LogP contribution in [-0.4, -0.2) is 32.8 Å². The van der Waals surface area contributed by atoms with Crippen LogP contribution in [-0.2, 0) is 9.53 Å². The zero-order valence-electron chi connectivity index (χ0n) is 12.4. The highest BCUT2D eigenvalue weighted by Crippen LogP contribution is 2.38. The van der Waals surface area contributed by atoms with E-state index < -0.39 is 12.0 Å². The Bertz CT molecular complexity index is 802. The predicted octanol–water partition coefficient (Wildman–Crippen LogP) is 2.83. The number of allylic oxidation sites excluding steroid dienone is 1. The molecule has 2 heterocycles. The van der Waals surface area contributed by atoms with Crippen molar-refractivity contribution in [3.8, 4) is 0 Å². The second-order valence-corrected chi connectivity index (χ2v) is 5.74. The lowest BCUT2D eigenvalue weighted by molar-refractivity contribution is -0.139. The Morgan fingerprint density at radius 1 is 1.43 bits per heavy atom. The molecular formula is C14H13Cl2N5O2. The summed E-state index contributed by atoms with van der Waals surface area (Å²) in [6.45, 7) is 3.77. The fraction of sp³-hybridized carbons (Fsp3) is 0.286. The molecule has 23 heavy (non-hydrogen) atoms. The molecule has 0 bridgehead atoms. The summed E-state index contributed by atoms with van der Waals surface area (Å²) in [5.41, 5.74) is 1.67. The number of hydrogen-bond acceptors (Lipinski definition) is 6. The van der Waals surface area contributed by atoms with Crippen LogP contribution in [0.2, 0.25) is 10.0 Å². The average Bonchev–Trinajstić information content (AvgIpc) is 2.94. The quantitative estimate of drug-likeness (QED) is 0.854. The number of tetrazole rings is 1. The van der Waals surface area contributed by atoms with Crippen LogP contribution < -0.4 is 5.32 Å². The largest absolute Gasteiger partial charge is 0.463 e. The smallest absolute Gasteiger partial charge is 0.338 e. The van der Waals surface area contributed by atoms with Crippen LogP contribution in [0.3, 0.4) is 0 Å². The number of carbonyl (C=O) groups is 1. The second-order valence-electron chi connectivity index (χ2n) is 4.90. The van der Waals surface area contributed by atoms with Gasteiger partial charge in [0.15, 0.2) is 0 Å². The van der Waals surface area contributed by atoms with E-state index in [4.69, 9.17) is 27.9 Å². The molecule has 1 aliphatic rings. The van der Waals surface area contributed by atoms with Gasteiger partial charge in [0.25, 0.3) is 0 Å². The van der Waals surface area contributed by atoms with Crippen molar-refractivity contribution < 1.29 is 9.53 Å². The van der Waals surface area contributed by atoms with Crippen molar-refractivity contribution in [3.63, 3.8) is 0 Å². The van der Waals surface area contributed by atoms with Crippen molar-refractivity contribution in [2.45, 2.75) is 19.9 Å². The van der Waals surface area contributed by atoms with Gasteiger partial charge in [0.1, 0.15) is 6.04 Å². The van der Waals surface area contributed by atoms with Gasteiger partial charge in [-0.15, -0.1) is 0 Å². The maximum Gasteiger partial charge on any atom is 0.338 e. The number of carbonyl (C=O) groups excluding carboxylic acids is 1. The number of aromatic nitrogens is 4. The summed E-state index contributed by atoms with van der Waals surface area (Å²) >= 11 is 12.3. The van der Waals surface area contributed by atoms with E-state index in [1.807, 2.05) is 0 Å². The molecule has 1 atom stereocenters. The monoisotopic (exact) mass is 353 g/mol. The lowest BCUT2D eigenvalue weighted by atomic mass is 9.96. The van der Waals surface area contributed by atoms with E-state index in [2.05, 4.69) is 20.8 Å². The first kappa shape index (κ1) is 15.8. The molecule has 1 aromatic carbocycles. The van der Waals surface area contributed by atoms with E-state index in [0.29, 0.717) is 32.8 Å². The molecule has 2 aromatic rings. The summed E-state index contributed by atoms with van der Waals surface area (Å²) in [7, 11) is 0. The van der Waals surface area contributed by atoms with Crippen LogP contribution in [0.5, 0.6) is 0 Å². The highest BCUT2D eigenvalue weighted by molar-refractivity contribution is 6.35. The normalized spacial score (nSPS) is 16.8. The number of esters is 1. The van der Waals surface area contributed by atoms with Gasteiger partial charge in [-0.05, 0) is 36.4 Å². The number of fused-ring (bicyclic) bond motifs is 1. The van der Waals surface area contributed by atoms with Crippen LogP contribution in [0.15, 0.2) is 29.5 Å². The van der Waals surface area contributed by atoms with Crippen LogP contribution in [0.1, 0.15) is 25.5 Å². The first-order chi connectivity index (χ1) is 11.0. The summed E-state index contributed by atoms with van der Waals surface area (Å²) < 4.78 is 6.67. The van der Waals surface area contributed by atoms with E-state index in [9.17, 15) is 4.79 Å². The molecular weight excluding hydrogens is 341 g/mol. The number of benzene rings is 1. The molecule has 0 fully saturated rings. The van der Waals surface area contributed by atoms with Crippen molar-refractivity contribution in [1.82, 2.24) is 20.2 Å². The third-order valence-electron chi connectivity index (χ3n) is 3.47. The number of halogens is 2. The first-order valence-corrected chi connectivity index (χ1v) is 7.66. The maximum absolute atomic E-state index is 12.4. The fourth-order valence-corrected chi connectivity index (χ4v) is 3.01. The van der Waals surface area contributed by atoms with Gasteiger partial charge < -0.3 is 10.1 Å². The van der Waals surface area contributed by atoms with Crippen LogP contribution in [0, 0.1) is 0 Å². The molecule has 0 radical (unpaired) electrons. The minimum atomic E-state index is -0.593. The molecule has 1 aliphatic heterocycles. The van der Waals surface area contributed by atoms with Gasteiger partial charge in [-0.3, -0.25) is 0 Å². The maximum atomic E-state index is 12.4. The van der Waals surface area contributed by atoms with E-state index in [-0.39, 0.29) is 6.61 Å². The molecule has 0 aliphatic carbocycles. The number of hydrogen-bond donors (Lipinski definition) is 1. The SMILES string of the molecule is CCOC(=O)C1=C(C)Nc2nnnn2[C@@H]1c1ccc(Cl)cc1Cl. The third kappa shape index (κ3) is 2.77. The average molecular weight is 354 g/mol. The standard InChI is InChI=1S/C14H13Cl2N5O2/c1-3-23-13(22)11-7(2)17-14-18-19-20-21(14)12(11)9-5-4-8(15)6-10(9)16/h4-6,12H,3H2,1-2H3,(H,17,18,20)/t12-/m1/s1. The number of rotatable bonds is 3. The van der Waals surface area contributed by atoms with Crippen molar-refractivity contribution in [2.75, 3.05) is 11.9 Å².